The molecule has 5 nitrogen and oxygen atoms in total. The minimum atomic E-state index is 0.128. The van der Waals surface area contributed by atoms with E-state index >= 15 is 0 Å². The normalized spacial score (nSPS) is 19.4. The van der Waals surface area contributed by atoms with Crippen molar-refractivity contribution < 1.29 is 4.79 Å². The summed E-state index contributed by atoms with van der Waals surface area (Å²) in [6.07, 6.45) is 12.4. The average molecular weight is 407 g/mol. The highest BCUT2D eigenvalue weighted by Crippen LogP contribution is 2.34. The topological polar surface area (TPSA) is 49.3 Å². The number of pyridine rings is 1. The molecule has 150 valence electrons. The zero-order valence-corrected chi connectivity index (χ0v) is 17.6. The number of carbonyl (C=O) groups is 1. The second-order valence-corrected chi connectivity index (χ2v) is 9.23. The fourth-order valence-electron chi connectivity index (χ4n) is 4.40. The van der Waals surface area contributed by atoms with Gasteiger partial charge in [-0.2, -0.15) is 0 Å². The van der Waals surface area contributed by atoms with E-state index in [-0.39, 0.29) is 5.91 Å². The molecular weight excluding hydrogens is 380 g/mol. The van der Waals surface area contributed by atoms with Gasteiger partial charge in [0.1, 0.15) is 0 Å². The summed E-state index contributed by atoms with van der Waals surface area (Å²) >= 11 is 1.92. The van der Waals surface area contributed by atoms with Gasteiger partial charge in [0.05, 0.1) is 10.7 Å². The van der Waals surface area contributed by atoms with Gasteiger partial charge in [-0.25, -0.2) is 4.98 Å². The van der Waals surface area contributed by atoms with Gasteiger partial charge in [0.25, 0.3) is 5.91 Å². The lowest BCUT2D eigenvalue weighted by Gasteiger charge is -2.31. The second kappa shape index (κ2) is 7.75. The van der Waals surface area contributed by atoms with Gasteiger partial charge >= 0.3 is 0 Å². The summed E-state index contributed by atoms with van der Waals surface area (Å²) in [5.41, 5.74) is 4.31. The van der Waals surface area contributed by atoms with E-state index in [1.54, 1.807) is 6.20 Å². The quantitative estimate of drug-likeness (QED) is 0.780. The van der Waals surface area contributed by atoms with Crippen LogP contribution in [0.3, 0.4) is 0 Å². The van der Waals surface area contributed by atoms with Crippen LogP contribution >= 0.6 is 11.3 Å². The molecule has 0 unspecified atom stereocenters. The van der Waals surface area contributed by atoms with Crippen molar-refractivity contribution in [3.63, 3.8) is 0 Å². The molecule has 0 atom stereocenters. The Bertz CT molecular complexity index is 959. The Kier molecular flexibility index (Phi) is 4.96. The molecule has 1 aliphatic carbocycles. The maximum atomic E-state index is 12.8. The maximum Gasteiger partial charge on any atom is 0.253 e. The monoisotopic (exact) mass is 406 g/mol. The van der Waals surface area contributed by atoms with Crippen molar-refractivity contribution >= 4 is 17.2 Å². The third kappa shape index (κ3) is 3.73. The van der Waals surface area contributed by atoms with Gasteiger partial charge in [-0.3, -0.25) is 9.78 Å². The van der Waals surface area contributed by atoms with E-state index in [4.69, 9.17) is 4.98 Å². The molecule has 0 radical (unpaired) electrons. The lowest BCUT2D eigenvalue weighted by Crippen LogP contribution is -2.38. The molecule has 1 amide bonds. The van der Waals surface area contributed by atoms with E-state index in [1.165, 1.54) is 21.3 Å². The molecule has 29 heavy (non-hydrogen) atoms. The van der Waals surface area contributed by atoms with Crippen LogP contribution in [0.25, 0.3) is 0 Å². The lowest BCUT2D eigenvalue weighted by molar-refractivity contribution is 0.0712. The molecule has 1 saturated heterocycles. The third-order valence-corrected chi connectivity index (χ3v) is 7.52. The largest absolute Gasteiger partial charge is 0.371 e. The molecule has 0 spiro atoms. The second-order valence-electron chi connectivity index (χ2n) is 8.11. The molecule has 5 rings (SSSR count). The van der Waals surface area contributed by atoms with Crippen LogP contribution in [-0.4, -0.2) is 51.9 Å². The molecule has 2 aromatic heterocycles. The summed E-state index contributed by atoms with van der Waals surface area (Å²) in [6.45, 7) is 5.69. The molecular formula is C23H26N4OS. The van der Waals surface area contributed by atoms with Crippen LogP contribution in [0.5, 0.6) is 0 Å². The van der Waals surface area contributed by atoms with E-state index in [9.17, 15) is 4.79 Å². The fraction of sp³-hybridized carbons (Fsp3) is 0.435. The summed E-state index contributed by atoms with van der Waals surface area (Å²) in [6, 6.07) is 3.70. The van der Waals surface area contributed by atoms with E-state index in [0.717, 1.165) is 63.1 Å². The first-order valence-electron chi connectivity index (χ1n) is 10.5. The molecule has 0 saturated carbocycles. The number of likely N-dealkylation sites (tertiary alicyclic amines) is 1. The van der Waals surface area contributed by atoms with Crippen molar-refractivity contribution in [1.29, 1.82) is 0 Å². The standard InChI is InChI=1S/C23H26N4OS/c1-16-15-18(5-10-24-16)23(28)27-11-6-17(7-12-27)22-25-20-8-13-26(19-3-2-4-19)14-9-21(20)29-22/h2-5,10,15,17H,6-9,11-14H2,1H3. The van der Waals surface area contributed by atoms with Crippen molar-refractivity contribution in [3.8, 4) is 0 Å². The summed E-state index contributed by atoms with van der Waals surface area (Å²) in [4.78, 5) is 28.0. The van der Waals surface area contributed by atoms with Crippen LogP contribution in [0, 0.1) is 6.92 Å². The van der Waals surface area contributed by atoms with Crippen LogP contribution < -0.4 is 0 Å². The first-order chi connectivity index (χ1) is 14.2. The Morgan fingerprint density at radius 3 is 2.69 bits per heavy atom. The van der Waals surface area contributed by atoms with E-state index < -0.39 is 0 Å². The van der Waals surface area contributed by atoms with Crippen molar-refractivity contribution in [1.82, 2.24) is 19.8 Å². The smallest absolute Gasteiger partial charge is 0.253 e. The number of aryl methyl sites for hydroxylation is 1. The van der Waals surface area contributed by atoms with Crippen molar-refractivity contribution in [2.24, 2.45) is 0 Å². The zero-order valence-electron chi connectivity index (χ0n) is 16.8. The molecule has 3 aliphatic rings. The summed E-state index contributed by atoms with van der Waals surface area (Å²) in [5, 5.41) is 1.29. The number of rotatable bonds is 3. The van der Waals surface area contributed by atoms with E-state index in [2.05, 4.69) is 28.1 Å². The molecule has 2 aliphatic heterocycles. The fourth-order valence-corrected chi connectivity index (χ4v) is 5.67. The Balaban J connectivity index is 1.20. The Hall–Kier alpha value is -2.47. The van der Waals surface area contributed by atoms with Crippen molar-refractivity contribution in [2.45, 2.75) is 38.5 Å². The first-order valence-corrected chi connectivity index (χ1v) is 11.3. The predicted octanol–water partition coefficient (Wildman–Crippen LogP) is 3.72. The third-order valence-electron chi connectivity index (χ3n) is 6.20. The maximum absolute atomic E-state index is 12.8. The number of hydrogen-bond donors (Lipinski definition) is 0. The number of carbonyl (C=O) groups excluding carboxylic acids is 1. The Morgan fingerprint density at radius 1 is 1.17 bits per heavy atom. The summed E-state index contributed by atoms with van der Waals surface area (Å²) in [7, 11) is 0. The Labute approximate surface area is 175 Å². The number of piperidine rings is 1. The number of aromatic nitrogens is 2. The number of nitrogens with zero attached hydrogens (tertiary/aromatic N) is 4. The summed E-state index contributed by atoms with van der Waals surface area (Å²) in [5.74, 6) is 0.617. The number of amides is 1. The van der Waals surface area contributed by atoms with Gasteiger partial charge in [-0.1, -0.05) is 6.08 Å². The van der Waals surface area contributed by atoms with Crippen LogP contribution in [0.2, 0.25) is 0 Å². The molecule has 0 bridgehead atoms. The van der Waals surface area contributed by atoms with Crippen LogP contribution in [0.15, 0.2) is 42.3 Å². The van der Waals surface area contributed by atoms with Crippen LogP contribution in [0.1, 0.15) is 50.4 Å². The lowest BCUT2D eigenvalue weighted by atomic mass is 9.97. The van der Waals surface area contributed by atoms with Gasteiger partial charge in [0.15, 0.2) is 0 Å². The molecule has 1 fully saturated rings. The number of hydrogen-bond acceptors (Lipinski definition) is 5. The minimum Gasteiger partial charge on any atom is -0.371 e. The van der Waals surface area contributed by atoms with Gasteiger partial charge in [0, 0.05) is 73.0 Å². The number of thiazole rings is 1. The van der Waals surface area contributed by atoms with E-state index in [0.29, 0.717) is 5.92 Å². The Morgan fingerprint density at radius 2 is 1.97 bits per heavy atom. The highest BCUT2D eigenvalue weighted by molar-refractivity contribution is 7.11. The molecule has 0 N–H and O–H groups in total. The molecule has 4 heterocycles. The predicted molar refractivity (Wildman–Crippen MR) is 115 cm³/mol. The molecule has 2 aromatic rings. The van der Waals surface area contributed by atoms with Crippen molar-refractivity contribution in [3.05, 3.63) is 69.1 Å². The summed E-state index contributed by atoms with van der Waals surface area (Å²) < 4.78 is 0. The van der Waals surface area contributed by atoms with Crippen LogP contribution in [0.4, 0.5) is 0 Å². The highest BCUT2D eigenvalue weighted by atomic mass is 32.1. The molecule has 0 aromatic carbocycles. The number of fused-ring (bicyclic) bond motifs is 1. The molecule has 6 heteroatoms. The van der Waals surface area contributed by atoms with Gasteiger partial charge in [0.2, 0.25) is 0 Å². The average Bonchev–Trinajstić information content (AvgIpc) is 3.02. The van der Waals surface area contributed by atoms with E-state index in [1.807, 2.05) is 35.3 Å². The number of allylic oxidation sites excluding steroid dienone is 3. The van der Waals surface area contributed by atoms with Crippen LogP contribution in [-0.2, 0) is 12.8 Å². The van der Waals surface area contributed by atoms with Crippen molar-refractivity contribution in [2.75, 3.05) is 26.2 Å². The van der Waals surface area contributed by atoms with Gasteiger partial charge in [-0.05, 0) is 44.1 Å². The first kappa shape index (κ1) is 18.6. The minimum absolute atomic E-state index is 0.128. The van der Waals surface area contributed by atoms with Gasteiger partial charge < -0.3 is 9.80 Å². The zero-order chi connectivity index (χ0) is 19.8. The SMILES string of the molecule is Cc1cc(C(=O)N2CCC(c3nc4c(s3)CCN(C3=CC=C3)CC4)CC2)ccn1. The van der Waals surface area contributed by atoms with Gasteiger partial charge in [-0.15, -0.1) is 11.3 Å². The highest BCUT2D eigenvalue weighted by Gasteiger charge is 2.28.